The van der Waals surface area contributed by atoms with Crippen LogP contribution in [0.2, 0.25) is 0 Å². The van der Waals surface area contributed by atoms with Gasteiger partial charge in [0, 0.05) is 50.9 Å². The van der Waals surface area contributed by atoms with Gasteiger partial charge < -0.3 is 15.5 Å². The van der Waals surface area contributed by atoms with Gasteiger partial charge in [0.1, 0.15) is 17.6 Å². The summed E-state index contributed by atoms with van der Waals surface area (Å²) in [5.74, 6) is -2.89. The van der Waals surface area contributed by atoms with Crippen LogP contribution in [-0.4, -0.2) is 89.5 Å². The average molecular weight is 645 g/mol. The second-order valence-corrected chi connectivity index (χ2v) is 14.9. The highest BCUT2D eigenvalue weighted by Crippen LogP contribution is 2.26. The molecule has 0 aromatic carbocycles. The molecule has 0 aromatic heterocycles. The van der Waals surface area contributed by atoms with Crippen LogP contribution in [0.1, 0.15) is 94.9 Å². The lowest BCUT2D eigenvalue weighted by molar-refractivity contribution is -0.141. The first-order valence-corrected chi connectivity index (χ1v) is 16.0. The topological polar surface area (TPSA) is 150 Å². The lowest BCUT2D eigenvalue weighted by Crippen LogP contribution is -2.60. The molecule has 1 aliphatic heterocycles. The first-order valence-electron chi connectivity index (χ1n) is 16.0. The van der Waals surface area contributed by atoms with Gasteiger partial charge in [-0.3, -0.25) is 38.5 Å². The molecule has 1 rings (SSSR count). The molecule has 0 radical (unpaired) electrons. The van der Waals surface area contributed by atoms with Crippen molar-refractivity contribution in [2.75, 3.05) is 20.6 Å². The smallest absolute Gasteiger partial charge is 0.253 e. The summed E-state index contributed by atoms with van der Waals surface area (Å²) in [6.45, 7) is 18.4. The second kappa shape index (κ2) is 16.9. The molecule has 2 N–H and O–H groups in total. The third-order valence-corrected chi connectivity index (χ3v) is 8.44. The molecule has 0 saturated heterocycles. The molecule has 0 spiro atoms. The molecule has 1 unspecified atom stereocenters. The zero-order valence-electron chi connectivity index (χ0n) is 29.9. The molecule has 46 heavy (non-hydrogen) atoms. The van der Waals surface area contributed by atoms with E-state index in [1.807, 2.05) is 55.4 Å². The number of likely N-dealkylation sites (N-methyl/N-ethyl adjacent to an activating group) is 2. The number of imide groups is 1. The second-order valence-electron chi connectivity index (χ2n) is 14.9. The number of Topliss-reactive ketones (excluding diaryl/α,β-unsaturated/α-hetero) is 3. The van der Waals surface area contributed by atoms with Crippen molar-refractivity contribution in [2.45, 2.75) is 113 Å². The fourth-order valence-electron chi connectivity index (χ4n) is 5.50. The molecule has 1 aliphatic rings. The average Bonchev–Trinajstić information content (AvgIpc) is 3.25. The van der Waals surface area contributed by atoms with Crippen LogP contribution < -0.4 is 10.6 Å². The number of amides is 4. The van der Waals surface area contributed by atoms with E-state index < -0.39 is 41.3 Å². The van der Waals surface area contributed by atoms with Crippen LogP contribution in [0.5, 0.6) is 0 Å². The van der Waals surface area contributed by atoms with Gasteiger partial charge in [0.2, 0.25) is 11.8 Å². The maximum atomic E-state index is 13.9. The fourth-order valence-corrected chi connectivity index (χ4v) is 5.50. The number of nitrogens with one attached hydrogen (secondary N) is 2. The van der Waals surface area contributed by atoms with Gasteiger partial charge in [0.25, 0.3) is 11.8 Å². The summed E-state index contributed by atoms with van der Waals surface area (Å²) in [6.07, 6.45) is 4.13. The minimum atomic E-state index is -0.819. The van der Waals surface area contributed by atoms with E-state index in [1.165, 1.54) is 6.92 Å². The highest BCUT2D eigenvalue weighted by molar-refractivity contribution is 6.13. The van der Waals surface area contributed by atoms with Crippen molar-refractivity contribution >= 4 is 41.0 Å². The van der Waals surface area contributed by atoms with Gasteiger partial charge in [-0.15, -0.1) is 0 Å². The summed E-state index contributed by atoms with van der Waals surface area (Å²) in [7, 11) is 3.38. The third-order valence-electron chi connectivity index (χ3n) is 8.44. The molecule has 1 heterocycles. The van der Waals surface area contributed by atoms with Crippen molar-refractivity contribution in [2.24, 2.45) is 22.7 Å². The van der Waals surface area contributed by atoms with Crippen molar-refractivity contribution < 1.29 is 33.6 Å². The van der Waals surface area contributed by atoms with Crippen molar-refractivity contribution in [1.29, 1.82) is 0 Å². The minimum Gasteiger partial charge on any atom is -0.342 e. The summed E-state index contributed by atoms with van der Waals surface area (Å²) < 4.78 is 0. The molecule has 0 saturated carbocycles. The molecule has 0 aliphatic carbocycles. The maximum Gasteiger partial charge on any atom is 0.253 e. The van der Waals surface area contributed by atoms with E-state index in [0.717, 1.165) is 17.1 Å². The molecular weight excluding hydrogens is 588 g/mol. The molecule has 258 valence electrons. The molecule has 0 fully saturated rings. The first-order chi connectivity index (χ1) is 21.0. The van der Waals surface area contributed by atoms with Crippen LogP contribution >= 0.6 is 0 Å². The molecule has 4 amide bonds. The molecule has 4 atom stereocenters. The van der Waals surface area contributed by atoms with Crippen molar-refractivity contribution in [3.05, 3.63) is 23.8 Å². The quantitative estimate of drug-likeness (QED) is 0.181. The van der Waals surface area contributed by atoms with E-state index in [4.69, 9.17) is 0 Å². The zero-order valence-corrected chi connectivity index (χ0v) is 29.9. The Labute approximate surface area is 275 Å². The number of nitrogens with zero attached hydrogens (tertiary/aromatic N) is 2. The molecule has 11 heteroatoms. The van der Waals surface area contributed by atoms with Gasteiger partial charge in [-0.05, 0) is 49.6 Å². The van der Waals surface area contributed by atoms with Crippen LogP contribution in [0.25, 0.3) is 0 Å². The van der Waals surface area contributed by atoms with Gasteiger partial charge >= 0.3 is 0 Å². The van der Waals surface area contributed by atoms with Crippen LogP contribution in [0.4, 0.5) is 0 Å². The number of ketones is 3. The van der Waals surface area contributed by atoms with Crippen molar-refractivity contribution in [3.8, 4) is 0 Å². The van der Waals surface area contributed by atoms with E-state index >= 15 is 0 Å². The van der Waals surface area contributed by atoms with E-state index in [0.29, 0.717) is 5.57 Å². The Morgan fingerprint density at radius 1 is 0.891 bits per heavy atom. The van der Waals surface area contributed by atoms with Crippen LogP contribution in [0.3, 0.4) is 0 Å². The summed E-state index contributed by atoms with van der Waals surface area (Å²) in [5, 5.41) is 6.03. The Kier molecular flexibility index (Phi) is 14.9. The largest absolute Gasteiger partial charge is 0.342 e. The highest BCUT2D eigenvalue weighted by atomic mass is 16.2. The Hall–Kier alpha value is -3.47. The van der Waals surface area contributed by atoms with Gasteiger partial charge in [-0.1, -0.05) is 61.5 Å². The van der Waals surface area contributed by atoms with Gasteiger partial charge in [0.15, 0.2) is 5.78 Å². The zero-order chi connectivity index (χ0) is 35.7. The van der Waals surface area contributed by atoms with E-state index in [9.17, 15) is 33.6 Å². The lowest BCUT2D eigenvalue weighted by Gasteiger charge is -2.39. The van der Waals surface area contributed by atoms with E-state index in [1.54, 1.807) is 32.0 Å². The Balaban J connectivity index is 3.00. The normalized spacial score (nSPS) is 16.7. The Morgan fingerprint density at radius 2 is 1.41 bits per heavy atom. The van der Waals surface area contributed by atoms with Crippen molar-refractivity contribution in [1.82, 2.24) is 20.4 Å². The minimum absolute atomic E-state index is 0.0359. The van der Waals surface area contributed by atoms with Crippen LogP contribution in [-0.2, 0) is 33.6 Å². The molecule has 0 bridgehead atoms. The van der Waals surface area contributed by atoms with E-state index in [2.05, 4.69) is 10.6 Å². The SMILES string of the molecule is CN[C@H](C(=O)N[C@H](C(=O)N(C)[C@H](/C=C(\C)C(=O)CCC(CC(=O)CCN1C(=O)C=CC1=O)C(C)=O)C(C)C)C(C)(C)C)C(C)(C)C. The number of carbonyl (C=O) groups excluding carboxylic acids is 7. The number of hydrogen-bond donors (Lipinski definition) is 2. The van der Waals surface area contributed by atoms with Gasteiger partial charge in [0.05, 0.1) is 12.1 Å². The van der Waals surface area contributed by atoms with Crippen LogP contribution in [0.15, 0.2) is 23.8 Å². The maximum absolute atomic E-state index is 13.9. The first kappa shape index (κ1) is 40.6. The number of hydrogen-bond acceptors (Lipinski definition) is 8. The van der Waals surface area contributed by atoms with Gasteiger partial charge in [-0.25, -0.2) is 0 Å². The monoisotopic (exact) mass is 644 g/mol. The van der Waals surface area contributed by atoms with Crippen LogP contribution in [0, 0.1) is 22.7 Å². The van der Waals surface area contributed by atoms with Gasteiger partial charge in [-0.2, -0.15) is 0 Å². The fraction of sp³-hybridized carbons (Fsp3) is 0.686. The predicted molar refractivity (Wildman–Crippen MR) is 177 cm³/mol. The standard InChI is InChI=1S/C35H56N4O7/c1-21(2)26(38(12)33(46)31(35(8,9)10)37-32(45)30(36-11)34(5,6)7)19-22(3)27(42)14-13-24(23(4)40)20-25(41)17-18-39-28(43)15-16-29(39)44/h15-16,19,21,24,26,30-31,36H,13-14,17-18,20H2,1-12H3,(H,37,45)/b22-19+/t24?,26-,30-,31-/m1/s1. The number of carbonyl (C=O) groups is 7. The number of allylic oxidation sites excluding steroid dienone is 1. The summed E-state index contributed by atoms with van der Waals surface area (Å²) >= 11 is 0. The number of rotatable bonds is 17. The summed E-state index contributed by atoms with van der Waals surface area (Å²) in [4.78, 5) is 91.3. The Morgan fingerprint density at radius 3 is 1.85 bits per heavy atom. The molecular formula is C35H56N4O7. The lowest BCUT2D eigenvalue weighted by atomic mass is 9.83. The van der Waals surface area contributed by atoms with E-state index in [-0.39, 0.29) is 72.7 Å². The predicted octanol–water partition coefficient (Wildman–Crippen LogP) is 3.41. The molecule has 0 aromatic rings. The summed E-state index contributed by atoms with van der Waals surface area (Å²) in [5.41, 5.74) is -0.537. The highest BCUT2D eigenvalue weighted by Gasteiger charge is 2.40. The molecule has 11 nitrogen and oxygen atoms in total. The Bertz CT molecular complexity index is 1220. The summed E-state index contributed by atoms with van der Waals surface area (Å²) in [6, 6.07) is -1.78. The van der Waals surface area contributed by atoms with Crippen molar-refractivity contribution in [3.63, 3.8) is 0 Å². The third kappa shape index (κ3) is 11.7.